The average Bonchev–Trinajstić information content (AvgIpc) is 2.45. The highest BCUT2D eigenvalue weighted by Crippen LogP contribution is 2.46. The molecule has 2 aliphatic heterocycles. The number of allylic oxidation sites excluding steroid dienone is 1. The lowest BCUT2D eigenvalue weighted by molar-refractivity contribution is -0.119. The molecule has 20 heavy (non-hydrogen) atoms. The van der Waals surface area contributed by atoms with E-state index in [1.54, 1.807) is 0 Å². The number of rotatable bonds is 0. The molecule has 0 saturated heterocycles. The highest BCUT2D eigenvalue weighted by Gasteiger charge is 2.45. The summed E-state index contributed by atoms with van der Waals surface area (Å²) in [6, 6.07) is 5.73. The predicted octanol–water partition coefficient (Wildman–Crippen LogP) is 3.23. The summed E-state index contributed by atoms with van der Waals surface area (Å²) in [5.74, 6) is 0.213. The van der Waals surface area contributed by atoms with Gasteiger partial charge in [-0.25, -0.2) is 0 Å². The van der Waals surface area contributed by atoms with Crippen LogP contribution in [-0.4, -0.2) is 23.8 Å². The SMILES string of the molecule is O=C1CC=C2C=NC=C3c4ccc(Cl)cc4C=NC23C1. The Balaban J connectivity index is 1.98. The molecule has 1 spiro atoms. The smallest absolute Gasteiger partial charge is 0.139 e. The fraction of sp³-hybridized carbons (Fsp3) is 0.188. The maximum atomic E-state index is 11.9. The first-order valence-electron chi connectivity index (χ1n) is 6.50. The highest BCUT2D eigenvalue weighted by molar-refractivity contribution is 6.31. The monoisotopic (exact) mass is 282 g/mol. The number of halogens is 1. The summed E-state index contributed by atoms with van der Waals surface area (Å²) in [7, 11) is 0. The first-order chi connectivity index (χ1) is 9.69. The zero-order chi connectivity index (χ0) is 13.7. The second kappa shape index (κ2) is 4.00. The van der Waals surface area contributed by atoms with Gasteiger partial charge in [-0.3, -0.25) is 14.8 Å². The minimum atomic E-state index is -0.572. The fourth-order valence-electron chi connectivity index (χ4n) is 3.11. The molecule has 0 radical (unpaired) electrons. The number of Topliss-reactive ketones (excluding diaryl/α,β-unsaturated/α-hetero) is 1. The van der Waals surface area contributed by atoms with E-state index in [0.717, 1.165) is 22.3 Å². The van der Waals surface area contributed by atoms with Gasteiger partial charge in [0.25, 0.3) is 0 Å². The summed E-state index contributed by atoms with van der Waals surface area (Å²) in [4.78, 5) is 20.9. The number of benzene rings is 1. The van der Waals surface area contributed by atoms with Crippen LogP contribution >= 0.6 is 11.6 Å². The van der Waals surface area contributed by atoms with Gasteiger partial charge < -0.3 is 0 Å². The van der Waals surface area contributed by atoms with Gasteiger partial charge in [-0.1, -0.05) is 23.7 Å². The maximum Gasteiger partial charge on any atom is 0.139 e. The van der Waals surface area contributed by atoms with Crippen molar-refractivity contribution < 1.29 is 4.79 Å². The van der Waals surface area contributed by atoms with Crippen LogP contribution in [0.25, 0.3) is 5.57 Å². The van der Waals surface area contributed by atoms with Gasteiger partial charge in [0.15, 0.2) is 0 Å². The molecule has 1 aromatic carbocycles. The summed E-state index contributed by atoms with van der Waals surface area (Å²) in [5.41, 5.74) is 3.48. The van der Waals surface area contributed by atoms with Crippen molar-refractivity contribution in [3.05, 3.63) is 52.2 Å². The molecule has 2 heterocycles. The van der Waals surface area contributed by atoms with E-state index in [-0.39, 0.29) is 5.78 Å². The zero-order valence-electron chi connectivity index (χ0n) is 10.6. The summed E-state index contributed by atoms with van der Waals surface area (Å²) in [6.07, 6.45) is 8.28. The molecule has 0 N–H and O–H groups in total. The molecule has 0 bridgehead atoms. The third kappa shape index (κ3) is 1.50. The van der Waals surface area contributed by atoms with Crippen molar-refractivity contribution in [2.45, 2.75) is 18.4 Å². The van der Waals surface area contributed by atoms with Crippen LogP contribution in [0.15, 0.2) is 46.0 Å². The number of hydrogen-bond donors (Lipinski definition) is 0. The Morgan fingerprint density at radius 1 is 1.25 bits per heavy atom. The van der Waals surface area contributed by atoms with E-state index in [2.05, 4.69) is 4.99 Å². The molecule has 0 fully saturated rings. The van der Waals surface area contributed by atoms with Gasteiger partial charge in [0.05, 0.1) is 0 Å². The van der Waals surface area contributed by atoms with Crippen LogP contribution in [0.3, 0.4) is 0 Å². The fourth-order valence-corrected chi connectivity index (χ4v) is 3.29. The molecule has 0 aromatic heterocycles. The number of carbonyl (C=O) groups excluding carboxylic acids is 1. The largest absolute Gasteiger partial charge is 0.299 e. The molecular formula is C16H11ClN2O. The molecule has 3 aliphatic rings. The number of ketones is 1. The summed E-state index contributed by atoms with van der Waals surface area (Å²) in [5, 5.41) is 0.682. The molecule has 4 heteroatoms. The van der Waals surface area contributed by atoms with Crippen LogP contribution in [0, 0.1) is 0 Å². The molecule has 0 amide bonds. The van der Waals surface area contributed by atoms with Crippen LogP contribution in [-0.2, 0) is 4.79 Å². The number of hydrogen-bond acceptors (Lipinski definition) is 3. The van der Waals surface area contributed by atoms with Gasteiger partial charge in [0, 0.05) is 47.6 Å². The molecule has 4 rings (SSSR count). The number of nitrogens with zero attached hydrogens (tertiary/aromatic N) is 2. The summed E-state index contributed by atoms with van der Waals surface area (Å²) in [6.45, 7) is 0. The Morgan fingerprint density at radius 2 is 2.15 bits per heavy atom. The van der Waals surface area contributed by atoms with Crippen molar-refractivity contribution >= 4 is 35.4 Å². The summed E-state index contributed by atoms with van der Waals surface area (Å²) < 4.78 is 0. The third-order valence-corrected chi connectivity index (χ3v) is 4.31. The van der Waals surface area contributed by atoms with Gasteiger partial charge in [0.1, 0.15) is 11.3 Å². The molecule has 3 nitrogen and oxygen atoms in total. The standard InChI is InChI=1S/C16H11ClN2O/c17-12-2-4-14-10(5-12)7-19-16-6-13(20)3-1-11(16)8-18-9-15(14)16/h1-2,4-5,7-9H,3,6H2. The van der Waals surface area contributed by atoms with Crippen molar-refractivity contribution in [1.29, 1.82) is 0 Å². The topological polar surface area (TPSA) is 41.8 Å². The predicted molar refractivity (Wildman–Crippen MR) is 80.6 cm³/mol. The lowest BCUT2D eigenvalue weighted by atomic mass is 9.70. The lowest BCUT2D eigenvalue weighted by Crippen LogP contribution is -2.40. The van der Waals surface area contributed by atoms with Crippen LogP contribution < -0.4 is 0 Å². The summed E-state index contributed by atoms with van der Waals surface area (Å²) >= 11 is 6.03. The van der Waals surface area contributed by atoms with Gasteiger partial charge in [-0.05, 0) is 23.3 Å². The Labute approximate surface area is 121 Å². The van der Waals surface area contributed by atoms with Crippen molar-refractivity contribution in [2.24, 2.45) is 9.98 Å². The van der Waals surface area contributed by atoms with E-state index < -0.39 is 5.54 Å². The van der Waals surface area contributed by atoms with Crippen LogP contribution in [0.1, 0.15) is 24.0 Å². The van der Waals surface area contributed by atoms with E-state index in [1.165, 1.54) is 0 Å². The van der Waals surface area contributed by atoms with Crippen molar-refractivity contribution in [3.63, 3.8) is 0 Å². The van der Waals surface area contributed by atoms with E-state index in [4.69, 9.17) is 16.6 Å². The van der Waals surface area contributed by atoms with Gasteiger partial charge >= 0.3 is 0 Å². The van der Waals surface area contributed by atoms with E-state index in [1.807, 2.05) is 42.9 Å². The molecule has 0 saturated carbocycles. The minimum absolute atomic E-state index is 0.213. The zero-order valence-corrected chi connectivity index (χ0v) is 11.4. The second-order valence-electron chi connectivity index (χ2n) is 5.25. The Hall–Kier alpha value is -2.00. The Bertz CT molecular complexity index is 758. The average molecular weight is 283 g/mol. The molecule has 1 aliphatic carbocycles. The quantitative estimate of drug-likeness (QED) is 0.720. The van der Waals surface area contributed by atoms with Crippen molar-refractivity contribution in [3.8, 4) is 0 Å². The minimum Gasteiger partial charge on any atom is -0.299 e. The van der Waals surface area contributed by atoms with E-state index >= 15 is 0 Å². The molecule has 1 unspecified atom stereocenters. The highest BCUT2D eigenvalue weighted by atomic mass is 35.5. The molecule has 98 valence electrons. The third-order valence-electron chi connectivity index (χ3n) is 4.07. The van der Waals surface area contributed by atoms with E-state index in [0.29, 0.717) is 17.9 Å². The van der Waals surface area contributed by atoms with Crippen molar-refractivity contribution in [1.82, 2.24) is 0 Å². The van der Waals surface area contributed by atoms with Gasteiger partial charge in [0.2, 0.25) is 0 Å². The Kier molecular flexibility index (Phi) is 2.36. The van der Waals surface area contributed by atoms with Crippen LogP contribution in [0.2, 0.25) is 5.02 Å². The Morgan fingerprint density at radius 3 is 3.05 bits per heavy atom. The normalized spacial score (nSPS) is 26.4. The first kappa shape index (κ1) is 11.8. The number of fused-ring (bicyclic) bond motifs is 2. The maximum absolute atomic E-state index is 11.9. The number of carbonyl (C=O) groups is 1. The van der Waals surface area contributed by atoms with Gasteiger partial charge in [-0.2, -0.15) is 0 Å². The lowest BCUT2D eigenvalue weighted by Gasteiger charge is -2.39. The molecule has 1 aromatic rings. The van der Waals surface area contributed by atoms with E-state index in [9.17, 15) is 4.79 Å². The second-order valence-corrected chi connectivity index (χ2v) is 5.69. The first-order valence-corrected chi connectivity index (χ1v) is 6.88. The van der Waals surface area contributed by atoms with Crippen molar-refractivity contribution in [2.75, 3.05) is 0 Å². The molecular weight excluding hydrogens is 272 g/mol. The van der Waals surface area contributed by atoms with Crippen LogP contribution in [0.5, 0.6) is 0 Å². The number of aliphatic imine (C=N–C) groups is 2. The van der Waals surface area contributed by atoms with Gasteiger partial charge in [-0.15, -0.1) is 0 Å². The molecule has 1 atom stereocenters. The van der Waals surface area contributed by atoms with Crippen LogP contribution in [0.4, 0.5) is 0 Å².